The monoisotopic (exact) mass is 697 g/mol. The topological polar surface area (TPSA) is 120 Å². The molecule has 0 aliphatic carbocycles. The Bertz CT molecular complexity index is 1470. The summed E-state index contributed by atoms with van der Waals surface area (Å²) >= 11 is 7.51. The number of hydrogen-bond acceptors (Lipinski definition) is 7. The molecule has 47 heavy (non-hydrogen) atoms. The second-order valence-corrected chi connectivity index (χ2v) is 13.8. The first-order valence-electron chi connectivity index (χ1n) is 16.0. The Kier molecular flexibility index (Phi) is 10.1. The molecule has 11 nitrogen and oxygen atoms in total. The number of carbonyl (C=O) groups is 3. The number of likely N-dealkylation sites (tertiary alicyclic amines) is 2. The number of benzene rings is 1. The van der Waals surface area contributed by atoms with Crippen molar-refractivity contribution >= 4 is 46.6 Å². The number of halogens is 4. The number of phenols is 1. The molecule has 4 aliphatic heterocycles. The van der Waals surface area contributed by atoms with Crippen LogP contribution in [-0.4, -0.2) is 113 Å². The van der Waals surface area contributed by atoms with Crippen molar-refractivity contribution in [1.82, 2.24) is 30.2 Å². The summed E-state index contributed by atoms with van der Waals surface area (Å²) in [5, 5.41) is 22.5. The quantitative estimate of drug-likeness (QED) is 0.360. The first-order valence-corrected chi connectivity index (χ1v) is 17.3. The van der Waals surface area contributed by atoms with Gasteiger partial charge in [0.05, 0.1) is 22.8 Å². The third-order valence-corrected chi connectivity index (χ3v) is 10.8. The normalized spacial score (nSPS) is 20.9. The number of carbonyl (C=O) groups excluding carboxylic acids is 3. The minimum absolute atomic E-state index is 0.0668. The minimum Gasteiger partial charge on any atom is -0.506 e. The van der Waals surface area contributed by atoms with Crippen molar-refractivity contribution in [1.29, 1.82) is 0 Å². The lowest BCUT2D eigenvalue weighted by Crippen LogP contribution is -2.58. The molecule has 3 fully saturated rings. The molecule has 3 saturated heterocycles. The van der Waals surface area contributed by atoms with E-state index in [1.54, 1.807) is 14.7 Å². The molecule has 256 valence electrons. The second-order valence-electron chi connectivity index (χ2n) is 12.6. The van der Waals surface area contributed by atoms with Crippen LogP contribution >= 0.6 is 22.9 Å². The highest BCUT2D eigenvalue weighted by Crippen LogP contribution is 2.40. The largest absolute Gasteiger partial charge is 0.506 e. The van der Waals surface area contributed by atoms with Gasteiger partial charge in [0.2, 0.25) is 5.91 Å². The van der Waals surface area contributed by atoms with Crippen LogP contribution in [0.1, 0.15) is 42.4 Å². The van der Waals surface area contributed by atoms with Crippen molar-refractivity contribution in [3.63, 3.8) is 0 Å². The van der Waals surface area contributed by atoms with Crippen molar-refractivity contribution < 1.29 is 32.7 Å². The van der Waals surface area contributed by atoms with Crippen LogP contribution in [0.25, 0.3) is 0 Å². The zero-order chi connectivity index (χ0) is 33.3. The Balaban J connectivity index is 1.13. The van der Waals surface area contributed by atoms with Crippen LogP contribution in [0.3, 0.4) is 0 Å². The van der Waals surface area contributed by atoms with Gasteiger partial charge in [-0.1, -0.05) is 11.6 Å². The lowest BCUT2D eigenvalue weighted by molar-refractivity contribution is -0.138. The van der Waals surface area contributed by atoms with Crippen molar-refractivity contribution in [2.24, 2.45) is 0 Å². The molecule has 0 unspecified atom stereocenters. The molecule has 0 radical (unpaired) electrons. The van der Waals surface area contributed by atoms with E-state index >= 15 is 0 Å². The van der Waals surface area contributed by atoms with Crippen LogP contribution in [0.15, 0.2) is 22.9 Å². The van der Waals surface area contributed by atoms with Crippen molar-refractivity contribution in [2.75, 3.05) is 57.7 Å². The summed E-state index contributed by atoms with van der Waals surface area (Å²) < 4.78 is 41.0. The van der Waals surface area contributed by atoms with Crippen molar-refractivity contribution in [2.45, 2.75) is 63.0 Å². The number of hydrogen-bond donors (Lipinski definition) is 4. The summed E-state index contributed by atoms with van der Waals surface area (Å²) in [6.45, 7) is 5.84. The number of nitrogens with zero attached hydrogens (tertiary/aromatic N) is 4. The number of rotatable bonds is 6. The maximum absolute atomic E-state index is 13.9. The maximum Gasteiger partial charge on any atom is 0.420 e. The van der Waals surface area contributed by atoms with Gasteiger partial charge >= 0.3 is 18.2 Å². The number of thiophene rings is 1. The standard InChI is InChI=1S/C31H39ClF3N7O4S/c32-24-14-19(13-23(27(24)43)31(33,34)35)15-25(28(44)40-7-1-21(2-8-40)39-11-5-36-6-12-39)37-29(45)41-9-3-22(4-10-41)42-16-20-17-47-18-26(20)38-30(42)46/h13-14,17-18,21-22,25,36,43H,1-12,15-16H2,(H,37,45)(H,38,46)/t25-/m1/s1. The van der Waals surface area contributed by atoms with E-state index in [2.05, 4.69) is 20.9 Å². The Hall–Kier alpha value is -3.27. The Morgan fingerprint density at radius 3 is 2.34 bits per heavy atom. The smallest absolute Gasteiger partial charge is 0.420 e. The summed E-state index contributed by atoms with van der Waals surface area (Å²) in [4.78, 5) is 47.7. The number of piperidine rings is 2. The number of fused-ring (bicyclic) bond motifs is 1. The Labute approximate surface area is 280 Å². The van der Waals surface area contributed by atoms with Crippen LogP contribution in [0.2, 0.25) is 5.02 Å². The molecular weight excluding hydrogens is 659 g/mol. The zero-order valence-electron chi connectivity index (χ0n) is 25.8. The summed E-state index contributed by atoms with van der Waals surface area (Å²) in [5.41, 5.74) is 0.648. The fraction of sp³-hybridized carbons (Fsp3) is 0.581. The average molecular weight is 698 g/mol. The lowest BCUT2D eigenvalue weighted by Gasteiger charge is -2.41. The van der Waals surface area contributed by atoms with E-state index in [1.165, 1.54) is 17.4 Å². The van der Waals surface area contributed by atoms with Crippen molar-refractivity contribution in [3.8, 4) is 5.75 Å². The van der Waals surface area contributed by atoms with Gasteiger partial charge in [-0.25, -0.2) is 9.59 Å². The molecule has 0 bridgehead atoms. The van der Waals surface area contributed by atoms with Crippen molar-refractivity contribution in [3.05, 3.63) is 44.6 Å². The molecule has 5 amide bonds. The highest BCUT2D eigenvalue weighted by atomic mass is 35.5. The van der Waals surface area contributed by atoms with E-state index in [9.17, 15) is 32.7 Å². The van der Waals surface area contributed by atoms with Gasteiger partial charge in [0.25, 0.3) is 0 Å². The van der Waals surface area contributed by atoms with Gasteiger partial charge in [0.15, 0.2) is 0 Å². The van der Waals surface area contributed by atoms with E-state index < -0.39 is 34.6 Å². The molecule has 1 aromatic heterocycles. The van der Waals surface area contributed by atoms with Gasteiger partial charge < -0.3 is 35.8 Å². The molecule has 1 atom stereocenters. The van der Waals surface area contributed by atoms with Crippen LogP contribution in [0.4, 0.5) is 28.4 Å². The zero-order valence-corrected chi connectivity index (χ0v) is 27.4. The third-order valence-electron chi connectivity index (χ3n) is 9.69. The maximum atomic E-state index is 13.9. The van der Waals surface area contributed by atoms with E-state index in [1.807, 2.05) is 10.8 Å². The van der Waals surface area contributed by atoms with Crippen LogP contribution < -0.4 is 16.0 Å². The fourth-order valence-corrected chi connectivity index (χ4v) is 8.08. The van der Waals surface area contributed by atoms with E-state index in [0.717, 1.165) is 56.3 Å². The number of nitrogens with one attached hydrogen (secondary N) is 3. The number of aromatic hydroxyl groups is 1. The Morgan fingerprint density at radius 1 is 1.00 bits per heavy atom. The van der Waals surface area contributed by atoms with Gasteiger partial charge in [0.1, 0.15) is 11.8 Å². The molecule has 4 N–H and O–H groups in total. The summed E-state index contributed by atoms with van der Waals surface area (Å²) in [6, 6.07) is 0.428. The van der Waals surface area contributed by atoms with Gasteiger partial charge in [0, 0.05) is 81.8 Å². The SMILES string of the molecule is O=C(N[C@H](Cc1cc(Cl)c(O)c(C(F)(F)F)c1)C(=O)N1CCC(N2CCNCC2)CC1)N1CCC(N2Cc3cscc3NC2=O)CC1. The molecule has 16 heteroatoms. The van der Waals surface area contributed by atoms with E-state index in [4.69, 9.17) is 11.6 Å². The number of urea groups is 2. The summed E-state index contributed by atoms with van der Waals surface area (Å²) in [7, 11) is 0. The molecule has 5 heterocycles. The number of anilines is 1. The van der Waals surface area contributed by atoms with E-state index in [0.29, 0.717) is 51.6 Å². The number of phenolic OH excluding ortho intramolecular Hbond substituents is 1. The molecule has 6 rings (SSSR count). The first-order chi connectivity index (χ1) is 22.5. The van der Waals surface area contributed by atoms with Gasteiger partial charge in [-0.3, -0.25) is 9.69 Å². The predicted molar refractivity (Wildman–Crippen MR) is 172 cm³/mol. The van der Waals surface area contributed by atoms with Gasteiger partial charge in [-0.2, -0.15) is 13.2 Å². The molecule has 0 saturated carbocycles. The lowest BCUT2D eigenvalue weighted by atomic mass is 9.98. The highest BCUT2D eigenvalue weighted by molar-refractivity contribution is 7.08. The number of piperazine rings is 1. The van der Waals surface area contributed by atoms with Crippen LogP contribution in [0, 0.1) is 0 Å². The van der Waals surface area contributed by atoms with E-state index in [-0.39, 0.29) is 30.0 Å². The second kappa shape index (κ2) is 14.1. The molecular formula is C31H39ClF3N7O4S. The number of amides is 5. The fourth-order valence-electron chi connectivity index (χ4n) is 7.06. The third kappa shape index (κ3) is 7.58. The molecule has 0 spiro atoms. The average Bonchev–Trinajstić information content (AvgIpc) is 3.52. The van der Waals surface area contributed by atoms with Gasteiger partial charge in [-0.05, 0) is 48.8 Å². The number of alkyl halides is 3. The minimum atomic E-state index is -4.86. The van der Waals surface area contributed by atoms with Gasteiger partial charge in [-0.15, -0.1) is 11.3 Å². The summed E-state index contributed by atoms with van der Waals surface area (Å²) in [5.74, 6) is -1.45. The predicted octanol–water partition coefficient (Wildman–Crippen LogP) is 4.15. The first kappa shape index (κ1) is 33.6. The highest BCUT2D eigenvalue weighted by Gasteiger charge is 2.38. The van der Waals surface area contributed by atoms with Crippen LogP contribution in [0.5, 0.6) is 5.75 Å². The molecule has 4 aliphatic rings. The summed E-state index contributed by atoms with van der Waals surface area (Å²) in [6.07, 6.45) is -2.49. The molecule has 1 aromatic carbocycles. The van der Waals surface area contributed by atoms with Crippen LogP contribution in [-0.2, 0) is 23.9 Å². The Morgan fingerprint density at radius 2 is 1.66 bits per heavy atom. The molecule has 2 aromatic rings.